The largest absolute Gasteiger partial charge is 0.497 e. The molecule has 0 saturated carbocycles. The lowest BCUT2D eigenvalue weighted by atomic mass is 10.2. The van der Waals surface area contributed by atoms with E-state index in [0.717, 1.165) is 11.4 Å². The quantitative estimate of drug-likeness (QED) is 0.562. The number of nitro groups is 1. The van der Waals surface area contributed by atoms with Gasteiger partial charge in [-0.1, -0.05) is 0 Å². The molecule has 1 N–H and O–H groups in total. The standard InChI is InChI=1S/C17H17N5O3/c1-18-17-19-15-9-6-12(22(23)24)10-14(15)16(20-17)21(2)11-4-7-13(25-3)8-5-11/h4-10H,1-3H3,(H,18,19,20). The Hall–Kier alpha value is -3.42. The van der Waals surface area contributed by atoms with Gasteiger partial charge in [0.25, 0.3) is 5.69 Å². The third-order valence-electron chi connectivity index (χ3n) is 3.87. The summed E-state index contributed by atoms with van der Waals surface area (Å²) in [6.45, 7) is 0. The highest BCUT2D eigenvalue weighted by Crippen LogP contribution is 2.32. The number of non-ortho nitro benzene ring substituents is 1. The van der Waals surface area contributed by atoms with Crippen molar-refractivity contribution in [2.24, 2.45) is 0 Å². The zero-order valence-corrected chi connectivity index (χ0v) is 14.1. The number of rotatable bonds is 5. The van der Waals surface area contributed by atoms with Crippen molar-refractivity contribution in [3.05, 3.63) is 52.6 Å². The zero-order chi connectivity index (χ0) is 18.0. The van der Waals surface area contributed by atoms with Gasteiger partial charge < -0.3 is 15.0 Å². The number of nitrogens with one attached hydrogen (secondary N) is 1. The SMILES string of the molecule is CNc1nc(N(C)c2ccc(OC)cc2)c2cc([N+](=O)[O-])ccc2n1. The lowest BCUT2D eigenvalue weighted by Crippen LogP contribution is -2.13. The summed E-state index contributed by atoms with van der Waals surface area (Å²) < 4.78 is 5.17. The average Bonchev–Trinajstić information content (AvgIpc) is 2.66. The second-order valence-electron chi connectivity index (χ2n) is 5.34. The van der Waals surface area contributed by atoms with Crippen LogP contribution in [0.4, 0.5) is 23.1 Å². The molecule has 3 aromatic rings. The maximum Gasteiger partial charge on any atom is 0.270 e. The van der Waals surface area contributed by atoms with Crippen LogP contribution in [0, 0.1) is 10.1 Å². The molecule has 2 aromatic carbocycles. The van der Waals surface area contributed by atoms with Crippen molar-refractivity contribution < 1.29 is 9.66 Å². The zero-order valence-electron chi connectivity index (χ0n) is 14.1. The van der Waals surface area contributed by atoms with Gasteiger partial charge in [-0.3, -0.25) is 10.1 Å². The molecule has 0 bridgehead atoms. The van der Waals surface area contributed by atoms with Crippen molar-refractivity contribution in [1.82, 2.24) is 9.97 Å². The summed E-state index contributed by atoms with van der Waals surface area (Å²) in [6.07, 6.45) is 0. The highest BCUT2D eigenvalue weighted by molar-refractivity contribution is 5.93. The molecule has 1 heterocycles. The van der Waals surface area contributed by atoms with E-state index < -0.39 is 4.92 Å². The molecule has 8 heteroatoms. The van der Waals surface area contributed by atoms with E-state index in [0.29, 0.717) is 22.7 Å². The molecular formula is C17H17N5O3. The van der Waals surface area contributed by atoms with Gasteiger partial charge in [-0.15, -0.1) is 0 Å². The van der Waals surface area contributed by atoms with E-state index in [4.69, 9.17) is 4.74 Å². The van der Waals surface area contributed by atoms with Gasteiger partial charge in [-0.25, -0.2) is 4.98 Å². The normalized spacial score (nSPS) is 10.5. The Labute approximate surface area is 144 Å². The van der Waals surface area contributed by atoms with Crippen LogP contribution in [0.2, 0.25) is 0 Å². The lowest BCUT2D eigenvalue weighted by molar-refractivity contribution is -0.384. The average molecular weight is 339 g/mol. The van der Waals surface area contributed by atoms with Gasteiger partial charge in [-0.05, 0) is 30.3 Å². The van der Waals surface area contributed by atoms with Gasteiger partial charge in [0.15, 0.2) is 0 Å². The summed E-state index contributed by atoms with van der Waals surface area (Å²) in [5.41, 5.74) is 1.49. The molecule has 8 nitrogen and oxygen atoms in total. The van der Waals surface area contributed by atoms with Crippen molar-refractivity contribution in [2.75, 3.05) is 31.4 Å². The molecule has 25 heavy (non-hydrogen) atoms. The lowest BCUT2D eigenvalue weighted by Gasteiger charge is -2.21. The number of anilines is 3. The first kappa shape index (κ1) is 16.4. The highest BCUT2D eigenvalue weighted by Gasteiger charge is 2.16. The molecule has 0 spiro atoms. The van der Waals surface area contributed by atoms with Crippen LogP contribution in [-0.4, -0.2) is 36.1 Å². The number of benzene rings is 2. The number of ether oxygens (including phenoxy) is 1. The number of nitro benzene ring substituents is 1. The minimum absolute atomic E-state index is 0.00214. The number of aromatic nitrogens is 2. The molecule has 0 aliphatic rings. The van der Waals surface area contributed by atoms with E-state index in [-0.39, 0.29) is 5.69 Å². The Morgan fingerprint density at radius 1 is 1.16 bits per heavy atom. The van der Waals surface area contributed by atoms with E-state index in [1.165, 1.54) is 12.1 Å². The first-order valence-electron chi connectivity index (χ1n) is 7.55. The van der Waals surface area contributed by atoms with E-state index in [1.54, 1.807) is 20.2 Å². The Morgan fingerprint density at radius 3 is 2.48 bits per heavy atom. The monoisotopic (exact) mass is 339 g/mol. The van der Waals surface area contributed by atoms with Crippen molar-refractivity contribution in [1.29, 1.82) is 0 Å². The molecule has 0 atom stereocenters. The Morgan fingerprint density at radius 2 is 1.88 bits per heavy atom. The third kappa shape index (κ3) is 3.14. The summed E-state index contributed by atoms with van der Waals surface area (Å²) in [6, 6.07) is 12.0. The fourth-order valence-electron chi connectivity index (χ4n) is 2.51. The smallest absolute Gasteiger partial charge is 0.270 e. The van der Waals surface area contributed by atoms with E-state index >= 15 is 0 Å². The van der Waals surface area contributed by atoms with Gasteiger partial charge >= 0.3 is 0 Å². The van der Waals surface area contributed by atoms with Crippen LogP contribution in [0.3, 0.4) is 0 Å². The van der Waals surface area contributed by atoms with Crippen LogP contribution in [0.25, 0.3) is 10.9 Å². The molecule has 1 aromatic heterocycles. The fourth-order valence-corrected chi connectivity index (χ4v) is 2.51. The summed E-state index contributed by atoms with van der Waals surface area (Å²) in [5, 5.41) is 14.6. The van der Waals surface area contributed by atoms with Crippen molar-refractivity contribution in [3.63, 3.8) is 0 Å². The minimum Gasteiger partial charge on any atom is -0.497 e. The minimum atomic E-state index is -0.428. The first-order valence-corrected chi connectivity index (χ1v) is 7.55. The molecule has 0 aliphatic heterocycles. The molecule has 0 radical (unpaired) electrons. The molecule has 0 amide bonds. The number of hydrogen-bond acceptors (Lipinski definition) is 7. The predicted octanol–water partition coefficient (Wildman–Crippen LogP) is 3.36. The topological polar surface area (TPSA) is 93.4 Å². The Kier molecular flexibility index (Phi) is 4.34. The van der Waals surface area contributed by atoms with Gasteiger partial charge in [-0.2, -0.15) is 4.98 Å². The third-order valence-corrected chi connectivity index (χ3v) is 3.87. The molecule has 0 saturated heterocycles. The second kappa shape index (κ2) is 6.60. The predicted molar refractivity (Wildman–Crippen MR) is 96.8 cm³/mol. The highest BCUT2D eigenvalue weighted by atomic mass is 16.6. The van der Waals surface area contributed by atoms with E-state index in [1.807, 2.05) is 36.2 Å². The summed E-state index contributed by atoms with van der Waals surface area (Å²) in [4.78, 5) is 21.4. The second-order valence-corrected chi connectivity index (χ2v) is 5.34. The molecule has 0 aliphatic carbocycles. The first-order chi connectivity index (χ1) is 12.0. The summed E-state index contributed by atoms with van der Waals surface area (Å²) >= 11 is 0. The van der Waals surface area contributed by atoms with Crippen LogP contribution < -0.4 is 15.0 Å². The summed E-state index contributed by atoms with van der Waals surface area (Å²) in [7, 11) is 5.18. The molecule has 0 unspecified atom stereocenters. The summed E-state index contributed by atoms with van der Waals surface area (Å²) in [5.74, 6) is 1.76. The molecule has 3 rings (SSSR count). The fraction of sp³-hybridized carbons (Fsp3) is 0.176. The number of nitrogens with zero attached hydrogens (tertiary/aromatic N) is 4. The molecule has 128 valence electrons. The van der Waals surface area contributed by atoms with E-state index in [9.17, 15) is 10.1 Å². The Bertz CT molecular complexity index is 927. The van der Waals surface area contributed by atoms with Crippen LogP contribution in [0.5, 0.6) is 5.75 Å². The van der Waals surface area contributed by atoms with Gasteiger partial charge in [0.2, 0.25) is 5.95 Å². The Balaban J connectivity index is 2.16. The van der Waals surface area contributed by atoms with Crippen molar-refractivity contribution >= 4 is 34.0 Å². The molecule has 0 fully saturated rings. The van der Waals surface area contributed by atoms with Crippen LogP contribution in [-0.2, 0) is 0 Å². The van der Waals surface area contributed by atoms with Gasteiger partial charge in [0.05, 0.1) is 22.9 Å². The van der Waals surface area contributed by atoms with Crippen LogP contribution in [0.1, 0.15) is 0 Å². The maximum atomic E-state index is 11.1. The maximum absolute atomic E-state index is 11.1. The van der Waals surface area contributed by atoms with Gasteiger partial charge in [0.1, 0.15) is 11.6 Å². The van der Waals surface area contributed by atoms with Crippen LogP contribution >= 0.6 is 0 Å². The van der Waals surface area contributed by atoms with Crippen molar-refractivity contribution in [3.8, 4) is 5.75 Å². The number of fused-ring (bicyclic) bond motifs is 1. The van der Waals surface area contributed by atoms with E-state index in [2.05, 4.69) is 15.3 Å². The van der Waals surface area contributed by atoms with Gasteiger partial charge in [0, 0.05) is 31.9 Å². The van der Waals surface area contributed by atoms with Crippen molar-refractivity contribution in [2.45, 2.75) is 0 Å². The number of methoxy groups -OCH3 is 1. The van der Waals surface area contributed by atoms with Crippen LogP contribution in [0.15, 0.2) is 42.5 Å². The molecular weight excluding hydrogens is 322 g/mol. The number of hydrogen-bond donors (Lipinski definition) is 1.